The second-order valence-corrected chi connectivity index (χ2v) is 6.54. The van der Waals surface area contributed by atoms with E-state index in [9.17, 15) is 0 Å². The van der Waals surface area contributed by atoms with Gasteiger partial charge in [-0.1, -0.05) is 32.0 Å². The van der Waals surface area contributed by atoms with Crippen LogP contribution in [0.15, 0.2) is 24.3 Å². The van der Waals surface area contributed by atoms with Crippen LogP contribution >= 0.6 is 0 Å². The summed E-state index contributed by atoms with van der Waals surface area (Å²) in [4.78, 5) is 2.54. The van der Waals surface area contributed by atoms with E-state index < -0.39 is 0 Å². The van der Waals surface area contributed by atoms with Gasteiger partial charge in [0.05, 0.1) is 0 Å². The fraction of sp³-hybridized carbons (Fsp3) is 0.667. The maximum atomic E-state index is 5.29. The van der Waals surface area contributed by atoms with Gasteiger partial charge in [-0.3, -0.25) is 0 Å². The Hall–Kier alpha value is -1.06. The van der Waals surface area contributed by atoms with E-state index in [1.54, 1.807) is 0 Å². The standard InChI is InChI=1S/C18H30N2O/c1-15(2)12-19-13-17-6-4-5-7-18(17)20-10-8-16(9-11-20)14-21-3/h4-7,15-16,19H,8-14H2,1-3H3. The van der Waals surface area contributed by atoms with E-state index in [4.69, 9.17) is 4.74 Å². The average Bonchev–Trinajstić information content (AvgIpc) is 2.49. The molecule has 0 unspecified atom stereocenters. The number of ether oxygens (including phenoxy) is 1. The molecule has 3 heteroatoms. The average molecular weight is 290 g/mol. The summed E-state index contributed by atoms with van der Waals surface area (Å²) in [5.41, 5.74) is 2.83. The van der Waals surface area contributed by atoms with Crippen molar-refractivity contribution in [2.45, 2.75) is 33.2 Å². The Kier molecular flexibility index (Phi) is 6.52. The van der Waals surface area contributed by atoms with Gasteiger partial charge in [-0.2, -0.15) is 0 Å². The summed E-state index contributed by atoms with van der Waals surface area (Å²) in [5, 5.41) is 3.56. The number of benzene rings is 1. The van der Waals surface area contributed by atoms with Crippen molar-refractivity contribution in [3.8, 4) is 0 Å². The number of para-hydroxylation sites is 1. The van der Waals surface area contributed by atoms with Gasteiger partial charge in [0.1, 0.15) is 0 Å². The molecular formula is C18H30N2O. The molecule has 2 rings (SSSR count). The van der Waals surface area contributed by atoms with Gasteiger partial charge in [0.2, 0.25) is 0 Å². The smallest absolute Gasteiger partial charge is 0.0491 e. The Balaban J connectivity index is 1.93. The lowest BCUT2D eigenvalue weighted by Crippen LogP contribution is -2.36. The lowest BCUT2D eigenvalue weighted by molar-refractivity contribution is 0.139. The number of hydrogen-bond acceptors (Lipinski definition) is 3. The van der Waals surface area contributed by atoms with Crippen LogP contribution in [0.25, 0.3) is 0 Å². The summed E-state index contributed by atoms with van der Waals surface area (Å²) in [6, 6.07) is 8.82. The summed E-state index contributed by atoms with van der Waals surface area (Å²) in [6.45, 7) is 9.74. The van der Waals surface area contributed by atoms with Crippen molar-refractivity contribution >= 4 is 5.69 Å². The van der Waals surface area contributed by atoms with Crippen LogP contribution in [0.3, 0.4) is 0 Å². The summed E-state index contributed by atoms with van der Waals surface area (Å²) < 4.78 is 5.29. The highest BCUT2D eigenvalue weighted by molar-refractivity contribution is 5.53. The van der Waals surface area contributed by atoms with E-state index >= 15 is 0 Å². The first-order valence-corrected chi connectivity index (χ1v) is 8.23. The second-order valence-electron chi connectivity index (χ2n) is 6.54. The van der Waals surface area contributed by atoms with Crippen molar-refractivity contribution in [3.05, 3.63) is 29.8 Å². The zero-order valence-electron chi connectivity index (χ0n) is 13.8. The van der Waals surface area contributed by atoms with Crippen molar-refractivity contribution in [2.75, 3.05) is 38.3 Å². The number of anilines is 1. The second kappa shape index (κ2) is 8.40. The van der Waals surface area contributed by atoms with Gasteiger partial charge in [-0.05, 0) is 42.9 Å². The van der Waals surface area contributed by atoms with Crippen LogP contribution in [0.1, 0.15) is 32.3 Å². The minimum absolute atomic E-state index is 0.696. The molecule has 1 fully saturated rings. The van der Waals surface area contributed by atoms with Crippen LogP contribution in [0.4, 0.5) is 5.69 Å². The van der Waals surface area contributed by atoms with E-state index in [1.807, 2.05) is 7.11 Å². The first kappa shape index (κ1) is 16.3. The molecule has 0 spiro atoms. The van der Waals surface area contributed by atoms with Gasteiger partial charge in [-0.25, -0.2) is 0 Å². The highest BCUT2D eigenvalue weighted by Gasteiger charge is 2.20. The highest BCUT2D eigenvalue weighted by atomic mass is 16.5. The third-order valence-electron chi connectivity index (χ3n) is 4.22. The van der Waals surface area contributed by atoms with Gasteiger partial charge >= 0.3 is 0 Å². The Morgan fingerprint density at radius 3 is 2.62 bits per heavy atom. The van der Waals surface area contributed by atoms with Crippen molar-refractivity contribution in [1.29, 1.82) is 0 Å². The molecule has 1 aromatic carbocycles. The molecule has 1 aliphatic heterocycles. The molecule has 21 heavy (non-hydrogen) atoms. The minimum atomic E-state index is 0.696. The molecule has 1 N–H and O–H groups in total. The van der Waals surface area contributed by atoms with Gasteiger partial charge in [0, 0.05) is 39.0 Å². The SMILES string of the molecule is COCC1CCN(c2ccccc2CNCC(C)C)CC1. The number of nitrogens with zero attached hydrogens (tertiary/aromatic N) is 1. The third kappa shape index (κ3) is 5.01. The van der Waals surface area contributed by atoms with Gasteiger partial charge in [-0.15, -0.1) is 0 Å². The Labute approximate surface area is 129 Å². The van der Waals surface area contributed by atoms with Gasteiger partial charge in [0.25, 0.3) is 0 Å². The summed E-state index contributed by atoms with van der Waals surface area (Å²) >= 11 is 0. The summed E-state index contributed by atoms with van der Waals surface area (Å²) in [5.74, 6) is 1.43. The minimum Gasteiger partial charge on any atom is -0.384 e. The first-order chi connectivity index (χ1) is 10.2. The molecule has 0 aromatic heterocycles. The number of methoxy groups -OCH3 is 1. The molecule has 0 atom stereocenters. The molecule has 1 aliphatic rings. The van der Waals surface area contributed by atoms with E-state index in [1.165, 1.54) is 24.1 Å². The Morgan fingerprint density at radius 2 is 1.95 bits per heavy atom. The van der Waals surface area contributed by atoms with Crippen LogP contribution in [0, 0.1) is 11.8 Å². The van der Waals surface area contributed by atoms with Crippen LogP contribution < -0.4 is 10.2 Å². The van der Waals surface area contributed by atoms with Crippen LogP contribution in [-0.2, 0) is 11.3 Å². The quantitative estimate of drug-likeness (QED) is 0.834. The first-order valence-electron chi connectivity index (χ1n) is 8.23. The molecule has 1 aromatic rings. The topological polar surface area (TPSA) is 24.5 Å². The molecule has 0 aliphatic carbocycles. The Morgan fingerprint density at radius 1 is 1.24 bits per heavy atom. The van der Waals surface area contributed by atoms with Crippen molar-refractivity contribution in [1.82, 2.24) is 5.32 Å². The maximum Gasteiger partial charge on any atom is 0.0491 e. The predicted molar refractivity (Wildman–Crippen MR) is 89.8 cm³/mol. The van der Waals surface area contributed by atoms with Gasteiger partial charge in [0.15, 0.2) is 0 Å². The monoisotopic (exact) mass is 290 g/mol. The van der Waals surface area contributed by atoms with Crippen molar-refractivity contribution in [2.24, 2.45) is 11.8 Å². The van der Waals surface area contributed by atoms with E-state index in [-0.39, 0.29) is 0 Å². The molecule has 1 heterocycles. The fourth-order valence-corrected chi connectivity index (χ4v) is 3.04. The largest absolute Gasteiger partial charge is 0.384 e. The normalized spacial score (nSPS) is 16.7. The van der Waals surface area contributed by atoms with Crippen LogP contribution in [0.2, 0.25) is 0 Å². The zero-order chi connectivity index (χ0) is 15.1. The van der Waals surface area contributed by atoms with E-state index in [0.717, 1.165) is 38.7 Å². The lowest BCUT2D eigenvalue weighted by atomic mass is 9.96. The van der Waals surface area contributed by atoms with E-state index in [2.05, 4.69) is 48.3 Å². The number of nitrogens with one attached hydrogen (secondary N) is 1. The molecule has 0 amide bonds. The maximum absolute atomic E-state index is 5.29. The Bertz CT molecular complexity index is 411. The van der Waals surface area contributed by atoms with E-state index in [0.29, 0.717) is 5.92 Å². The molecule has 3 nitrogen and oxygen atoms in total. The summed E-state index contributed by atoms with van der Waals surface area (Å²) in [7, 11) is 1.81. The molecular weight excluding hydrogens is 260 g/mol. The van der Waals surface area contributed by atoms with Crippen LogP contribution in [-0.4, -0.2) is 33.4 Å². The van der Waals surface area contributed by atoms with Crippen molar-refractivity contribution in [3.63, 3.8) is 0 Å². The lowest BCUT2D eigenvalue weighted by Gasteiger charge is -2.34. The molecule has 1 saturated heterocycles. The highest BCUT2D eigenvalue weighted by Crippen LogP contribution is 2.26. The van der Waals surface area contributed by atoms with Gasteiger partial charge < -0.3 is 15.0 Å². The summed E-state index contributed by atoms with van der Waals surface area (Å²) in [6.07, 6.45) is 2.48. The van der Waals surface area contributed by atoms with Crippen LogP contribution in [0.5, 0.6) is 0 Å². The fourth-order valence-electron chi connectivity index (χ4n) is 3.04. The molecule has 0 bridgehead atoms. The number of hydrogen-bond donors (Lipinski definition) is 1. The predicted octanol–water partition coefficient (Wildman–Crippen LogP) is 3.30. The molecule has 0 radical (unpaired) electrons. The number of piperidine rings is 1. The third-order valence-corrected chi connectivity index (χ3v) is 4.22. The number of rotatable bonds is 7. The molecule has 118 valence electrons. The van der Waals surface area contributed by atoms with Crippen molar-refractivity contribution < 1.29 is 4.74 Å². The molecule has 0 saturated carbocycles. The zero-order valence-corrected chi connectivity index (χ0v) is 13.8.